The molecule has 0 spiro atoms. The van der Waals surface area contributed by atoms with Gasteiger partial charge in [0.05, 0.1) is 12.3 Å². The smallest absolute Gasteiger partial charge is 0.293 e. The minimum absolute atomic E-state index is 0.101. The second kappa shape index (κ2) is 8.96. The average molecular weight is 393 g/mol. The van der Waals surface area contributed by atoms with Crippen LogP contribution >= 0.6 is 12.2 Å². The lowest BCUT2D eigenvalue weighted by atomic mass is 10.1. The molecule has 1 heterocycles. The standard InChI is InChI=1S/C21H19N3O3S/c1-14(15-6-3-2-4-7-15)22-19(25)16-9-11-17(12-10-16)23-21(28)24-20(26)18-8-5-13-27-18/h2-14H,1H3,(H,22,25)(H2,23,24,26,28). The Labute approximate surface area is 167 Å². The van der Waals surface area contributed by atoms with Crippen LogP contribution < -0.4 is 16.0 Å². The van der Waals surface area contributed by atoms with E-state index in [0.29, 0.717) is 11.3 Å². The van der Waals surface area contributed by atoms with Crippen molar-refractivity contribution in [3.63, 3.8) is 0 Å². The first-order valence-electron chi connectivity index (χ1n) is 8.64. The molecule has 1 atom stereocenters. The van der Waals surface area contributed by atoms with E-state index in [4.69, 9.17) is 16.6 Å². The zero-order valence-corrected chi connectivity index (χ0v) is 16.0. The zero-order chi connectivity index (χ0) is 19.9. The van der Waals surface area contributed by atoms with Gasteiger partial charge in [0.15, 0.2) is 10.9 Å². The van der Waals surface area contributed by atoms with Crippen molar-refractivity contribution in [1.29, 1.82) is 0 Å². The molecule has 0 aliphatic rings. The second-order valence-corrected chi connectivity index (χ2v) is 6.48. The number of thiocarbonyl (C=S) groups is 1. The minimum Gasteiger partial charge on any atom is -0.459 e. The van der Waals surface area contributed by atoms with E-state index in [-0.39, 0.29) is 22.8 Å². The van der Waals surface area contributed by atoms with Gasteiger partial charge in [-0.05, 0) is 61.1 Å². The van der Waals surface area contributed by atoms with Crippen molar-refractivity contribution in [2.24, 2.45) is 0 Å². The molecule has 0 aliphatic heterocycles. The topological polar surface area (TPSA) is 83.4 Å². The first kappa shape index (κ1) is 19.3. The maximum Gasteiger partial charge on any atom is 0.293 e. The first-order chi connectivity index (χ1) is 13.5. The largest absolute Gasteiger partial charge is 0.459 e. The Kier molecular flexibility index (Phi) is 6.18. The van der Waals surface area contributed by atoms with Crippen LogP contribution in [0.2, 0.25) is 0 Å². The highest BCUT2D eigenvalue weighted by molar-refractivity contribution is 7.80. The lowest BCUT2D eigenvalue weighted by Gasteiger charge is -2.14. The number of amides is 2. The van der Waals surface area contributed by atoms with Gasteiger partial charge in [0.25, 0.3) is 11.8 Å². The van der Waals surface area contributed by atoms with E-state index in [9.17, 15) is 9.59 Å². The van der Waals surface area contributed by atoms with E-state index < -0.39 is 5.91 Å². The lowest BCUT2D eigenvalue weighted by Crippen LogP contribution is -2.33. The Morgan fingerprint density at radius 2 is 1.64 bits per heavy atom. The summed E-state index contributed by atoms with van der Waals surface area (Å²) in [4.78, 5) is 24.3. The molecule has 7 heteroatoms. The van der Waals surface area contributed by atoms with Gasteiger partial charge in [0.1, 0.15) is 0 Å². The van der Waals surface area contributed by atoms with Gasteiger partial charge >= 0.3 is 0 Å². The van der Waals surface area contributed by atoms with Gasteiger partial charge in [-0.2, -0.15) is 0 Å². The van der Waals surface area contributed by atoms with Crippen LogP contribution in [0.15, 0.2) is 77.4 Å². The summed E-state index contributed by atoms with van der Waals surface area (Å²) in [6.45, 7) is 1.93. The molecule has 142 valence electrons. The summed E-state index contributed by atoms with van der Waals surface area (Å²) >= 11 is 5.12. The summed E-state index contributed by atoms with van der Waals surface area (Å²) in [5, 5.41) is 8.51. The molecule has 3 N–H and O–H groups in total. The number of hydrogen-bond donors (Lipinski definition) is 3. The first-order valence-corrected chi connectivity index (χ1v) is 9.05. The Balaban J connectivity index is 1.54. The van der Waals surface area contributed by atoms with Crippen LogP contribution in [0, 0.1) is 0 Å². The molecule has 2 aromatic carbocycles. The van der Waals surface area contributed by atoms with Crippen molar-refractivity contribution in [3.8, 4) is 0 Å². The Morgan fingerprint density at radius 1 is 0.929 bits per heavy atom. The summed E-state index contributed by atoms with van der Waals surface area (Å²) < 4.78 is 5.01. The Bertz CT molecular complexity index is 954. The highest BCUT2D eigenvalue weighted by atomic mass is 32.1. The summed E-state index contributed by atoms with van der Waals surface area (Å²) in [5.74, 6) is -0.436. The van der Waals surface area contributed by atoms with Gasteiger partial charge in [0.2, 0.25) is 0 Å². The van der Waals surface area contributed by atoms with Crippen molar-refractivity contribution in [3.05, 3.63) is 89.9 Å². The third kappa shape index (κ3) is 5.05. The minimum atomic E-state index is -0.437. The van der Waals surface area contributed by atoms with Crippen molar-refractivity contribution < 1.29 is 14.0 Å². The quantitative estimate of drug-likeness (QED) is 0.573. The highest BCUT2D eigenvalue weighted by Crippen LogP contribution is 2.14. The average Bonchev–Trinajstić information content (AvgIpc) is 3.24. The summed E-state index contributed by atoms with van der Waals surface area (Å²) in [5.41, 5.74) is 2.21. The molecule has 28 heavy (non-hydrogen) atoms. The predicted molar refractivity (Wildman–Crippen MR) is 111 cm³/mol. The number of nitrogens with one attached hydrogen (secondary N) is 3. The van der Waals surface area contributed by atoms with Crippen LogP contribution in [0.4, 0.5) is 5.69 Å². The van der Waals surface area contributed by atoms with E-state index in [2.05, 4.69) is 16.0 Å². The van der Waals surface area contributed by atoms with Gasteiger partial charge in [-0.15, -0.1) is 0 Å². The molecule has 3 aromatic rings. The normalized spacial score (nSPS) is 11.3. The second-order valence-electron chi connectivity index (χ2n) is 6.07. The van der Waals surface area contributed by atoms with E-state index in [0.717, 1.165) is 5.56 Å². The molecule has 0 fully saturated rings. The van der Waals surface area contributed by atoms with Crippen LogP contribution in [0.5, 0.6) is 0 Å². The molecule has 6 nitrogen and oxygen atoms in total. The van der Waals surface area contributed by atoms with E-state index in [1.165, 1.54) is 6.26 Å². The summed E-state index contributed by atoms with van der Waals surface area (Å²) in [6.07, 6.45) is 1.41. The number of anilines is 1. The zero-order valence-electron chi connectivity index (χ0n) is 15.1. The molecule has 0 radical (unpaired) electrons. The summed E-state index contributed by atoms with van der Waals surface area (Å²) in [6, 6.07) is 19.6. The highest BCUT2D eigenvalue weighted by Gasteiger charge is 2.12. The molecule has 0 aliphatic carbocycles. The van der Waals surface area contributed by atoms with Gasteiger partial charge in [0, 0.05) is 11.3 Å². The molecular weight excluding hydrogens is 374 g/mol. The predicted octanol–water partition coefficient (Wildman–Crippen LogP) is 3.90. The third-order valence-electron chi connectivity index (χ3n) is 4.02. The van der Waals surface area contributed by atoms with Crippen LogP contribution in [-0.4, -0.2) is 16.9 Å². The van der Waals surface area contributed by atoms with Crippen molar-refractivity contribution in [1.82, 2.24) is 10.6 Å². The Morgan fingerprint density at radius 3 is 2.29 bits per heavy atom. The summed E-state index contributed by atoms with van der Waals surface area (Å²) in [7, 11) is 0. The molecule has 3 rings (SSSR count). The van der Waals surface area contributed by atoms with Crippen LogP contribution in [0.3, 0.4) is 0 Å². The van der Waals surface area contributed by atoms with E-state index >= 15 is 0 Å². The number of benzene rings is 2. The van der Waals surface area contributed by atoms with E-state index in [1.807, 2.05) is 37.3 Å². The molecule has 1 unspecified atom stereocenters. The molecular formula is C21H19N3O3S. The molecule has 2 amide bonds. The SMILES string of the molecule is CC(NC(=O)c1ccc(NC(=S)NC(=O)c2ccco2)cc1)c1ccccc1. The van der Waals surface area contributed by atoms with Crippen molar-refractivity contribution in [2.45, 2.75) is 13.0 Å². The molecule has 1 aromatic heterocycles. The number of furan rings is 1. The van der Waals surface area contributed by atoms with Gasteiger partial charge < -0.3 is 15.1 Å². The van der Waals surface area contributed by atoms with E-state index in [1.54, 1.807) is 36.4 Å². The monoisotopic (exact) mass is 393 g/mol. The van der Waals surface area contributed by atoms with Gasteiger partial charge in [-0.25, -0.2) is 0 Å². The fourth-order valence-electron chi connectivity index (χ4n) is 2.54. The number of carbonyl (C=O) groups excluding carboxylic acids is 2. The van der Waals surface area contributed by atoms with Gasteiger partial charge in [-0.3, -0.25) is 14.9 Å². The maximum atomic E-state index is 12.4. The lowest BCUT2D eigenvalue weighted by molar-refractivity contribution is 0.0935. The maximum absolute atomic E-state index is 12.4. The van der Waals surface area contributed by atoms with Gasteiger partial charge in [-0.1, -0.05) is 30.3 Å². The number of rotatable bonds is 5. The molecule has 0 saturated carbocycles. The molecule has 0 saturated heterocycles. The van der Waals surface area contributed by atoms with Crippen molar-refractivity contribution in [2.75, 3.05) is 5.32 Å². The molecule has 0 bridgehead atoms. The number of carbonyl (C=O) groups is 2. The van der Waals surface area contributed by atoms with Crippen LogP contribution in [0.1, 0.15) is 39.4 Å². The van der Waals surface area contributed by atoms with Crippen LogP contribution in [-0.2, 0) is 0 Å². The fraction of sp³-hybridized carbons (Fsp3) is 0.0952. The third-order valence-corrected chi connectivity index (χ3v) is 4.23. The van der Waals surface area contributed by atoms with Crippen molar-refractivity contribution >= 4 is 34.8 Å². The van der Waals surface area contributed by atoms with Crippen LogP contribution in [0.25, 0.3) is 0 Å². The fourth-order valence-corrected chi connectivity index (χ4v) is 2.76. The Hall–Kier alpha value is -3.45. The number of hydrogen-bond acceptors (Lipinski definition) is 4.